The highest BCUT2D eigenvalue weighted by Gasteiger charge is 2.47. The summed E-state index contributed by atoms with van der Waals surface area (Å²) in [4.78, 5) is 21.7. The van der Waals surface area contributed by atoms with Crippen LogP contribution in [-0.2, 0) is 14.3 Å². The normalized spacial score (nSPS) is 18.3. The van der Waals surface area contributed by atoms with Crippen LogP contribution in [0.3, 0.4) is 0 Å². The maximum absolute atomic E-state index is 11.3. The van der Waals surface area contributed by atoms with Gasteiger partial charge in [-0.05, 0) is 12.8 Å². The molecule has 1 aliphatic carbocycles. The largest absolute Gasteiger partial charge is 0.384 e. The van der Waals surface area contributed by atoms with E-state index in [2.05, 4.69) is 0 Å². The highest BCUT2D eigenvalue weighted by atomic mass is 35.5. The molecule has 1 aliphatic rings. The lowest BCUT2D eigenvalue weighted by atomic mass is 10.1. The molecule has 0 atom stereocenters. The van der Waals surface area contributed by atoms with Gasteiger partial charge >= 0.3 is 0 Å². The van der Waals surface area contributed by atoms with Crippen LogP contribution < -0.4 is 0 Å². The number of rotatable bonds is 6. The molecule has 0 saturated heterocycles. The summed E-state index contributed by atoms with van der Waals surface area (Å²) < 4.78 is 4.73. The van der Waals surface area contributed by atoms with Crippen molar-refractivity contribution in [2.24, 2.45) is 0 Å². The quantitative estimate of drug-likeness (QED) is 0.484. The summed E-state index contributed by atoms with van der Waals surface area (Å²) >= 11 is 5.84. The Morgan fingerprint density at radius 3 is 2.54 bits per heavy atom. The molecule has 0 aliphatic heterocycles. The zero-order chi connectivity index (χ0) is 9.90. The van der Waals surface area contributed by atoms with E-state index in [1.165, 1.54) is 7.11 Å². The third-order valence-electron chi connectivity index (χ3n) is 2.13. The van der Waals surface area contributed by atoms with Crippen LogP contribution in [0.15, 0.2) is 0 Å². The zero-order valence-electron chi connectivity index (χ0n) is 7.64. The first kappa shape index (κ1) is 10.7. The maximum atomic E-state index is 11.3. The molecule has 0 radical (unpaired) electrons. The molecular weight excluding hydrogens is 192 g/mol. The van der Waals surface area contributed by atoms with Crippen LogP contribution in [0.1, 0.15) is 25.7 Å². The van der Waals surface area contributed by atoms with Gasteiger partial charge in [0.15, 0.2) is 5.78 Å². The van der Waals surface area contributed by atoms with Crippen molar-refractivity contribution in [2.75, 3.05) is 13.7 Å². The smallest absolute Gasteiger partial charge is 0.161 e. The second kappa shape index (κ2) is 4.20. The summed E-state index contributed by atoms with van der Waals surface area (Å²) in [6, 6.07) is 0. The van der Waals surface area contributed by atoms with Crippen molar-refractivity contribution in [1.82, 2.24) is 0 Å². The fraction of sp³-hybridized carbons (Fsp3) is 0.778. The molecular formula is C9H13ClO3. The van der Waals surface area contributed by atoms with Crippen molar-refractivity contribution in [1.29, 1.82) is 0 Å². The molecule has 74 valence electrons. The molecule has 13 heavy (non-hydrogen) atoms. The van der Waals surface area contributed by atoms with E-state index in [-0.39, 0.29) is 18.0 Å². The van der Waals surface area contributed by atoms with E-state index in [1.807, 2.05) is 0 Å². The highest BCUT2D eigenvalue weighted by Crippen LogP contribution is 2.44. The second-order valence-corrected chi connectivity index (χ2v) is 4.07. The Hall–Kier alpha value is -0.410. The number of halogens is 1. The van der Waals surface area contributed by atoms with Gasteiger partial charge in [0.2, 0.25) is 0 Å². The fourth-order valence-electron chi connectivity index (χ4n) is 1.03. The van der Waals surface area contributed by atoms with Gasteiger partial charge in [-0.15, -0.1) is 11.6 Å². The Bertz CT molecular complexity index is 221. The summed E-state index contributed by atoms with van der Waals surface area (Å²) in [5, 5.41) is 0. The fourth-order valence-corrected chi connectivity index (χ4v) is 1.19. The number of ether oxygens (including phenoxy) is 1. The monoisotopic (exact) mass is 204 g/mol. The number of carbonyl (C=O) groups excluding carboxylic acids is 2. The van der Waals surface area contributed by atoms with Gasteiger partial charge in [0.05, 0.1) is 13.0 Å². The lowest BCUT2D eigenvalue weighted by Gasteiger charge is -2.03. The summed E-state index contributed by atoms with van der Waals surface area (Å²) in [6.45, 7) is 0.376. The van der Waals surface area contributed by atoms with Crippen molar-refractivity contribution in [2.45, 2.75) is 30.6 Å². The van der Waals surface area contributed by atoms with Crippen molar-refractivity contribution in [3.8, 4) is 0 Å². The molecule has 0 unspecified atom stereocenters. The van der Waals surface area contributed by atoms with E-state index < -0.39 is 4.87 Å². The molecule has 0 heterocycles. The van der Waals surface area contributed by atoms with Crippen molar-refractivity contribution < 1.29 is 14.3 Å². The average molecular weight is 205 g/mol. The first-order chi connectivity index (χ1) is 6.08. The van der Waals surface area contributed by atoms with Crippen molar-refractivity contribution >= 4 is 23.2 Å². The number of methoxy groups -OCH3 is 1. The summed E-state index contributed by atoms with van der Waals surface area (Å²) in [5.41, 5.74) is 0. The number of ketones is 2. The molecule has 4 heteroatoms. The lowest BCUT2D eigenvalue weighted by Crippen LogP contribution is -2.20. The minimum atomic E-state index is -0.692. The van der Waals surface area contributed by atoms with Crippen LogP contribution in [0.4, 0.5) is 0 Å². The molecule has 0 aromatic carbocycles. The molecule has 0 aromatic heterocycles. The van der Waals surface area contributed by atoms with Gasteiger partial charge in [0.1, 0.15) is 10.7 Å². The third-order valence-corrected chi connectivity index (χ3v) is 2.72. The number of Topliss-reactive ketones (excluding diaryl/α,β-unsaturated/α-hetero) is 2. The van der Waals surface area contributed by atoms with Gasteiger partial charge in [-0.1, -0.05) is 0 Å². The minimum Gasteiger partial charge on any atom is -0.384 e. The molecule has 0 bridgehead atoms. The molecule has 0 N–H and O–H groups in total. The Morgan fingerprint density at radius 2 is 2.08 bits per heavy atom. The number of carbonyl (C=O) groups is 2. The van der Waals surface area contributed by atoms with Crippen LogP contribution in [0.25, 0.3) is 0 Å². The zero-order valence-corrected chi connectivity index (χ0v) is 8.39. The highest BCUT2D eigenvalue weighted by molar-refractivity contribution is 6.38. The predicted molar refractivity (Wildman–Crippen MR) is 48.9 cm³/mol. The first-order valence-corrected chi connectivity index (χ1v) is 4.69. The van der Waals surface area contributed by atoms with Gasteiger partial charge in [-0.2, -0.15) is 0 Å². The van der Waals surface area contributed by atoms with E-state index in [9.17, 15) is 9.59 Å². The maximum Gasteiger partial charge on any atom is 0.161 e. The van der Waals surface area contributed by atoms with Gasteiger partial charge in [0.25, 0.3) is 0 Å². The Labute approximate surface area is 82.4 Å². The SMILES string of the molecule is COCCC(=O)CC(=O)C1(Cl)CC1. The van der Waals surface area contributed by atoms with E-state index in [1.54, 1.807) is 0 Å². The molecule has 1 fully saturated rings. The van der Waals surface area contributed by atoms with Crippen LogP contribution in [0, 0.1) is 0 Å². The first-order valence-electron chi connectivity index (χ1n) is 4.31. The summed E-state index contributed by atoms with van der Waals surface area (Å²) in [6.07, 6.45) is 1.69. The van der Waals surface area contributed by atoms with Crippen molar-refractivity contribution in [3.63, 3.8) is 0 Å². The standard InChI is InChI=1S/C9H13ClO3/c1-13-5-2-7(11)6-8(12)9(10)3-4-9/h2-6H2,1H3. The van der Waals surface area contributed by atoms with Gasteiger partial charge in [0, 0.05) is 13.5 Å². The molecule has 0 amide bonds. The summed E-state index contributed by atoms with van der Waals surface area (Å²) in [7, 11) is 1.53. The molecule has 1 saturated carbocycles. The average Bonchev–Trinajstić information content (AvgIpc) is 2.81. The lowest BCUT2D eigenvalue weighted by molar-refractivity contribution is -0.127. The summed E-state index contributed by atoms with van der Waals surface area (Å²) in [5.74, 6) is -0.214. The molecule has 1 rings (SSSR count). The molecule has 3 nitrogen and oxygen atoms in total. The molecule has 0 spiro atoms. The van der Waals surface area contributed by atoms with Crippen molar-refractivity contribution in [3.05, 3.63) is 0 Å². The van der Waals surface area contributed by atoms with Crippen LogP contribution in [0.5, 0.6) is 0 Å². The third kappa shape index (κ3) is 3.08. The van der Waals surface area contributed by atoms with Crippen LogP contribution in [0.2, 0.25) is 0 Å². The number of hydrogen-bond donors (Lipinski definition) is 0. The van der Waals surface area contributed by atoms with E-state index in [0.29, 0.717) is 25.9 Å². The van der Waals surface area contributed by atoms with Gasteiger partial charge in [-0.25, -0.2) is 0 Å². The van der Waals surface area contributed by atoms with Gasteiger partial charge in [-0.3, -0.25) is 9.59 Å². The van der Waals surface area contributed by atoms with E-state index in [4.69, 9.17) is 16.3 Å². The van der Waals surface area contributed by atoms with E-state index in [0.717, 1.165) is 0 Å². The Morgan fingerprint density at radius 1 is 1.46 bits per heavy atom. The minimum absolute atomic E-state index is 0.0349. The topological polar surface area (TPSA) is 43.4 Å². The Kier molecular flexibility index (Phi) is 3.45. The van der Waals surface area contributed by atoms with Crippen LogP contribution in [-0.4, -0.2) is 30.2 Å². The second-order valence-electron chi connectivity index (χ2n) is 3.35. The predicted octanol–water partition coefficient (Wildman–Crippen LogP) is 1.32. The molecule has 0 aromatic rings. The number of alkyl halides is 1. The number of hydrogen-bond acceptors (Lipinski definition) is 3. The van der Waals surface area contributed by atoms with Gasteiger partial charge < -0.3 is 4.74 Å². The van der Waals surface area contributed by atoms with Crippen LogP contribution >= 0.6 is 11.6 Å². The van der Waals surface area contributed by atoms with E-state index >= 15 is 0 Å². The Balaban J connectivity index is 2.24.